The molecule has 8 heteroatoms. The van der Waals surface area contributed by atoms with Gasteiger partial charge in [-0.25, -0.2) is 4.98 Å². The van der Waals surface area contributed by atoms with Crippen molar-refractivity contribution in [1.29, 1.82) is 0 Å². The number of hydrogen-bond acceptors (Lipinski definition) is 7. The fourth-order valence-corrected chi connectivity index (χ4v) is 3.79. The maximum absolute atomic E-state index is 10.8. The number of benzene rings is 2. The van der Waals surface area contributed by atoms with Gasteiger partial charge in [0.1, 0.15) is 6.61 Å². The van der Waals surface area contributed by atoms with Gasteiger partial charge in [-0.2, -0.15) is 0 Å². The van der Waals surface area contributed by atoms with Gasteiger partial charge in [0.05, 0.1) is 22.7 Å². The van der Waals surface area contributed by atoms with E-state index in [-0.39, 0.29) is 11.1 Å². The Balaban J connectivity index is 1.55. The van der Waals surface area contributed by atoms with E-state index in [0.717, 1.165) is 21.8 Å². The highest BCUT2D eigenvalue weighted by molar-refractivity contribution is 7.09. The van der Waals surface area contributed by atoms with E-state index in [0.29, 0.717) is 31.2 Å². The normalized spacial score (nSPS) is 11.4. The molecule has 1 N–H and O–H groups in total. The van der Waals surface area contributed by atoms with Crippen molar-refractivity contribution >= 4 is 17.0 Å². The third-order valence-electron chi connectivity index (χ3n) is 4.60. The van der Waals surface area contributed by atoms with Crippen molar-refractivity contribution in [3.8, 4) is 11.5 Å². The molecule has 0 spiro atoms. The van der Waals surface area contributed by atoms with Crippen LogP contribution >= 0.6 is 11.3 Å². The quantitative estimate of drug-likeness (QED) is 0.362. The number of thiazole rings is 1. The maximum atomic E-state index is 10.8. The lowest BCUT2D eigenvalue weighted by Gasteiger charge is -2.14. The van der Waals surface area contributed by atoms with Crippen LogP contribution in [-0.2, 0) is 25.1 Å². The molecule has 0 atom stereocenters. The summed E-state index contributed by atoms with van der Waals surface area (Å²) in [5.74, 6) is 1.27. The van der Waals surface area contributed by atoms with Crippen molar-refractivity contribution in [2.24, 2.45) is 0 Å². The minimum Gasteiger partial charge on any atom is -0.493 e. The number of rotatable bonds is 9. The second-order valence-corrected chi connectivity index (χ2v) is 9.05. The lowest BCUT2D eigenvalue weighted by atomic mass is 9.98. The molecular weight excluding hydrogens is 414 g/mol. The molecule has 0 aliphatic carbocycles. The number of hydrogen-bond donors (Lipinski definition) is 1. The minimum absolute atomic E-state index is 0.0606. The van der Waals surface area contributed by atoms with Crippen LogP contribution in [0.5, 0.6) is 11.5 Å². The largest absolute Gasteiger partial charge is 0.493 e. The number of ether oxygens (including phenoxy) is 2. The van der Waals surface area contributed by atoms with Crippen LogP contribution in [0.4, 0.5) is 5.69 Å². The van der Waals surface area contributed by atoms with Gasteiger partial charge in [-0.15, -0.1) is 11.3 Å². The number of methoxy groups -OCH3 is 1. The zero-order chi connectivity index (χ0) is 22.4. The lowest BCUT2D eigenvalue weighted by Crippen LogP contribution is -2.14. The molecule has 1 heterocycles. The van der Waals surface area contributed by atoms with Gasteiger partial charge in [0, 0.05) is 36.0 Å². The molecule has 7 nitrogen and oxygen atoms in total. The van der Waals surface area contributed by atoms with Crippen LogP contribution in [0.25, 0.3) is 0 Å². The van der Waals surface area contributed by atoms with Crippen LogP contribution in [0.2, 0.25) is 0 Å². The van der Waals surface area contributed by atoms with E-state index in [4.69, 9.17) is 14.5 Å². The van der Waals surface area contributed by atoms with Crippen LogP contribution in [0.1, 0.15) is 42.6 Å². The van der Waals surface area contributed by atoms with Crippen molar-refractivity contribution in [2.45, 2.75) is 45.9 Å². The highest BCUT2D eigenvalue weighted by atomic mass is 32.1. The molecule has 0 fully saturated rings. The summed E-state index contributed by atoms with van der Waals surface area (Å²) in [5.41, 5.74) is 3.10. The van der Waals surface area contributed by atoms with E-state index in [1.807, 2.05) is 18.2 Å². The van der Waals surface area contributed by atoms with Crippen molar-refractivity contribution in [3.05, 3.63) is 79.8 Å². The monoisotopic (exact) mass is 441 g/mol. The number of nitrogens with zero attached hydrogens (tertiary/aromatic N) is 2. The minimum atomic E-state index is -0.418. The van der Waals surface area contributed by atoms with Crippen LogP contribution in [0, 0.1) is 10.1 Å². The molecule has 0 saturated carbocycles. The van der Waals surface area contributed by atoms with Crippen LogP contribution < -0.4 is 14.8 Å². The Bertz CT molecular complexity index is 1030. The van der Waals surface area contributed by atoms with E-state index in [1.54, 1.807) is 30.6 Å². The van der Waals surface area contributed by atoms with Crippen LogP contribution in [0.15, 0.2) is 47.8 Å². The van der Waals surface area contributed by atoms with Crippen molar-refractivity contribution in [2.75, 3.05) is 7.11 Å². The van der Waals surface area contributed by atoms with Crippen LogP contribution in [-0.4, -0.2) is 17.0 Å². The third-order valence-corrected chi connectivity index (χ3v) is 5.91. The summed E-state index contributed by atoms with van der Waals surface area (Å²) in [7, 11) is 1.61. The Hall–Kier alpha value is -2.97. The van der Waals surface area contributed by atoms with Gasteiger partial charge < -0.3 is 14.8 Å². The van der Waals surface area contributed by atoms with Crippen molar-refractivity contribution < 1.29 is 14.4 Å². The van der Waals surface area contributed by atoms with E-state index < -0.39 is 4.92 Å². The first kappa shape index (κ1) is 22.7. The molecule has 0 unspecified atom stereocenters. The Kier molecular flexibility index (Phi) is 7.25. The lowest BCUT2D eigenvalue weighted by molar-refractivity contribution is -0.384. The van der Waals surface area contributed by atoms with E-state index in [2.05, 4.69) is 31.5 Å². The molecule has 164 valence electrons. The molecule has 0 saturated heterocycles. The Labute approximate surface area is 186 Å². The van der Waals surface area contributed by atoms with E-state index in [1.165, 1.54) is 12.1 Å². The predicted octanol–water partition coefficient (Wildman–Crippen LogP) is 5.23. The number of nitro benzene ring substituents is 1. The number of non-ortho nitro benzene ring substituents is 1. The summed E-state index contributed by atoms with van der Waals surface area (Å²) in [5, 5.41) is 17.4. The van der Waals surface area contributed by atoms with Gasteiger partial charge >= 0.3 is 0 Å². The molecule has 3 aromatic rings. The van der Waals surface area contributed by atoms with Gasteiger partial charge in [0.25, 0.3) is 5.69 Å². The number of nitro groups is 1. The summed E-state index contributed by atoms with van der Waals surface area (Å²) in [6, 6.07) is 12.1. The zero-order valence-electron chi connectivity index (χ0n) is 18.2. The average Bonchev–Trinajstić information content (AvgIpc) is 3.22. The predicted molar refractivity (Wildman–Crippen MR) is 122 cm³/mol. The Morgan fingerprint density at radius 3 is 2.39 bits per heavy atom. The van der Waals surface area contributed by atoms with Gasteiger partial charge in [0.15, 0.2) is 11.5 Å². The second kappa shape index (κ2) is 9.89. The molecular formula is C23H27N3O4S. The molecule has 1 aromatic heterocycles. The van der Waals surface area contributed by atoms with Crippen molar-refractivity contribution in [1.82, 2.24) is 10.3 Å². The molecule has 0 radical (unpaired) electrons. The molecule has 0 bridgehead atoms. The summed E-state index contributed by atoms with van der Waals surface area (Å²) in [6.45, 7) is 8.18. The highest BCUT2D eigenvalue weighted by Gasteiger charge is 2.17. The molecule has 0 aliphatic rings. The standard InChI is InChI=1S/C23H27N3O4S/c1-23(2,3)22-25-18(15-31-22)13-24-12-17-7-10-20(21(11-17)29-4)30-14-16-5-8-19(9-6-16)26(27)28/h5-11,15,24H,12-14H2,1-4H3. The summed E-state index contributed by atoms with van der Waals surface area (Å²) in [4.78, 5) is 15.0. The van der Waals surface area contributed by atoms with Crippen LogP contribution in [0.3, 0.4) is 0 Å². The highest BCUT2D eigenvalue weighted by Crippen LogP contribution is 2.29. The Morgan fingerprint density at radius 2 is 1.77 bits per heavy atom. The first-order chi connectivity index (χ1) is 14.8. The molecule has 0 aliphatic heterocycles. The summed E-state index contributed by atoms with van der Waals surface area (Å²) < 4.78 is 11.3. The zero-order valence-corrected chi connectivity index (χ0v) is 19.0. The molecule has 0 amide bonds. The SMILES string of the molecule is COc1cc(CNCc2csc(C(C)(C)C)n2)ccc1OCc1ccc([N+](=O)[O-])cc1. The number of aromatic nitrogens is 1. The van der Waals surface area contributed by atoms with Gasteiger partial charge in [-0.3, -0.25) is 10.1 Å². The maximum Gasteiger partial charge on any atom is 0.269 e. The summed E-state index contributed by atoms with van der Waals surface area (Å²) >= 11 is 1.70. The Morgan fingerprint density at radius 1 is 1.06 bits per heavy atom. The first-order valence-corrected chi connectivity index (χ1v) is 10.8. The summed E-state index contributed by atoms with van der Waals surface area (Å²) in [6.07, 6.45) is 0. The van der Waals surface area contributed by atoms with E-state index in [9.17, 15) is 10.1 Å². The molecule has 2 aromatic carbocycles. The third kappa shape index (κ3) is 6.26. The van der Waals surface area contributed by atoms with Crippen molar-refractivity contribution in [3.63, 3.8) is 0 Å². The first-order valence-electron chi connectivity index (χ1n) is 9.95. The van der Waals surface area contributed by atoms with Gasteiger partial charge in [-0.1, -0.05) is 26.8 Å². The smallest absolute Gasteiger partial charge is 0.269 e. The van der Waals surface area contributed by atoms with Gasteiger partial charge in [-0.05, 0) is 35.4 Å². The topological polar surface area (TPSA) is 86.5 Å². The molecule has 31 heavy (non-hydrogen) atoms. The number of nitrogens with one attached hydrogen (secondary N) is 1. The van der Waals surface area contributed by atoms with E-state index >= 15 is 0 Å². The second-order valence-electron chi connectivity index (χ2n) is 8.19. The molecule has 3 rings (SSSR count). The average molecular weight is 442 g/mol. The fourth-order valence-electron chi connectivity index (χ4n) is 2.88. The fraction of sp³-hybridized carbons (Fsp3) is 0.348. The van der Waals surface area contributed by atoms with Gasteiger partial charge in [0.2, 0.25) is 0 Å².